The highest BCUT2D eigenvalue weighted by molar-refractivity contribution is 7.85. The van der Waals surface area contributed by atoms with Gasteiger partial charge >= 0.3 is 12.1 Å². The molecule has 0 aromatic carbocycles. The first-order valence-corrected chi connectivity index (χ1v) is 3.99. The third-order valence-corrected chi connectivity index (χ3v) is 1.16. The van der Waals surface area contributed by atoms with E-state index in [0.29, 0.717) is 0 Å². The number of nitrogens with one attached hydrogen (secondary N) is 1. The van der Waals surface area contributed by atoms with Gasteiger partial charge < -0.3 is 9.87 Å². The predicted octanol–water partition coefficient (Wildman–Crippen LogP) is -0.832. The number of halogens is 3. The molecule has 0 atom stereocenters. The van der Waals surface area contributed by atoms with E-state index in [1.807, 2.05) is 0 Å². The van der Waals surface area contributed by atoms with Crippen LogP contribution in [0.4, 0.5) is 13.2 Å². The fourth-order valence-electron chi connectivity index (χ4n) is 0.254. The molecular formula is C3H3F3NO4S-. The Balaban J connectivity index is 4.07. The fraction of sp³-hybridized carbons (Fsp3) is 0.667. The second kappa shape index (κ2) is 3.27. The molecule has 5 nitrogen and oxygen atoms in total. The van der Waals surface area contributed by atoms with Gasteiger partial charge in [0.1, 0.15) is 16.0 Å². The lowest BCUT2D eigenvalue weighted by molar-refractivity contribution is -0.173. The Morgan fingerprint density at radius 1 is 1.42 bits per heavy atom. The van der Waals surface area contributed by atoms with Crippen LogP contribution in [0.3, 0.4) is 0 Å². The van der Waals surface area contributed by atoms with E-state index in [4.69, 9.17) is 0 Å². The highest BCUT2D eigenvalue weighted by Gasteiger charge is 2.38. The van der Waals surface area contributed by atoms with Crippen molar-refractivity contribution in [2.75, 3.05) is 5.88 Å². The average molecular weight is 206 g/mol. The second-order valence-electron chi connectivity index (χ2n) is 1.71. The zero-order valence-electron chi connectivity index (χ0n) is 5.38. The lowest BCUT2D eigenvalue weighted by Gasteiger charge is -2.09. The predicted molar refractivity (Wildman–Crippen MR) is 28.8 cm³/mol. The molecule has 0 rings (SSSR count). The number of carbonyl (C=O) groups excluding carboxylic acids is 1. The van der Waals surface area contributed by atoms with Gasteiger partial charge in [-0.3, -0.25) is 4.79 Å². The van der Waals surface area contributed by atoms with Crippen molar-refractivity contribution >= 4 is 16.0 Å². The second-order valence-corrected chi connectivity index (χ2v) is 3.11. The summed E-state index contributed by atoms with van der Waals surface area (Å²) < 4.78 is 63.1. The molecular weight excluding hydrogens is 203 g/mol. The van der Waals surface area contributed by atoms with Crippen LogP contribution >= 0.6 is 0 Å². The van der Waals surface area contributed by atoms with E-state index in [1.165, 1.54) is 0 Å². The van der Waals surface area contributed by atoms with Gasteiger partial charge in [0.25, 0.3) is 0 Å². The van der Waals surface area contributed by atoms with E-state index in [9.17, 15) is 30.9 Å². The summed E-state index contributed by atoms with van der Waals surface area (Å²) in [5, 5.41) is 0.898. The van der Waals surface area contributed by atoms with Crippen molar-refractivity contribution in [2.24, 2.45) is 0 Å². The molecule has 72 valence electrons. The van der Waals surface area contributed by atoms with Crippen molar-refractivity contribution in [3.8, 4) is 0 Å². The van der Waals surface area contributed by atoms with E-state index >= 15 is 0 Å². The molecule has 0 aromatic heterocycles. The molecule has 0 spiro atoms. The normalized spacial score (nSPS) is 12.7. The first kappa shape index (κ1) is 11.2. The van der Waals surface area contributed by atoms with Crippen LogP contribution in [0, 0.1) is 0 Å². The van der Waals surface area contributed by atoms with E-state index in [1.54, 1.807) is 0 Å². The monoisotopic (exact) mass is 206 g/mol. The molecule has 0 saturated carbocycles. The van der Waals surface area contributed by atoms with Gasteiger partial charge in [-0.25, -0.2) is 8.42 Å². The number of carbonyl (C=O) groups is 1. The highest BCUT2D eigenvalue weighted by Crippen LogP contribution is 2.13. The van der Waals surface area contributed by atoms with Gasteiger partial charge in [0, 0.05) is 0 Å². The van der Waals surface area contributed by atoms with Crippen molar-refractivity contribution in [2.45, 2.75) is 6.18 Å². The minimum absolute atomic E-state index is 0.898. The first-order chi connectivity index (χ1) is 5.13. The Morgan fingerprint density at radius 2 is 1.83 bits per heavy atom. The van der Waals surface area contributed by atoms with Gasteiger partial charge in [-0.15, -0.1) is 0 Å². The average Bonchev–Trinajstić information content (AvgIpc) is 1.78. The molecule has 0 aliphatic heterocycles. The van der Waals surface area contributed by atoms with Crippen molar-refractivity contribution in [1.82, 2.24) is 5.32 Å². The van der Waals surface area contributed by atoms with E-state index in [2.05, 4.69) is 0 Å². The molecule has 0 aliphatic carbocycles. The molecule has 0 heterocycles. The molecule has 0 bridgehead atoms. The summed E-state index contributed by atoms with van der Waals surface area (Å²) in [6, 6.07) is 0. The molecule has 0 fully saturated rings. The van der Waals surface area contributed by atoms with Crippen molar-refractivity contribution in [3.63, 3.8) is 0 Å². The summed E-state index contributed by atoms with van der Waals surface area (Å²) in [5.74, 6) is -4.02. The molecule has 0 saturated heterocycles. The molecule has 9 heteroatoms. The largest absolute Gasteiger partial charge is 0.747 e. The molecule has 0 radical (unpaired) electrons. The zero-order chi connectivity index (χ0) is 9.99. The molecule has 1 amide bonds. The van der Waals surface area contributed by atoms with Crippen molar-refractivity contribution < 1.29 is 30.9 Å². The van der Waals surface area contributed by atoms with Crippen LogP contribution < -0.4 is 5.32 Å². The molecule has 0 unspecified atom stereocenters. The van der Waals surface area contributed by atoms with Gasteiger partial charge in [-0.05, 0) is 0 Å². The summed E-state index contributed by atoms with van der Waals surface area (Å²) in [6.07, 6.45) is -5.18. The molecule has 0 aromatic rings. The maximum absolute atomic E-state index is 11.3. The van der Waals surface area contributed by atoms with Gasteiger partial charge in [0.2, 0.25) is 0 Å². The summed E-state index contributed by atoms with van der Waals surface area (Å²) in [7, 11) is -4.86. The lowest BCUT2D eigenvalue weighted by Crippen LogP contribution is -2.39. The molecule has 1 N–H and O–H groups in total. The van der Waals surface area contributed by atoms with Crippen LogP contribution in [-0.4, -0.2) is 30.9 Å². The van der Waals surface area contributed by atoms with Gasteiger partial charge in [0.15, 0.2) is 0 Å². The van der Waals surface area contributed by atoms with Crippen LogP contribution in [0.25, 0.3) is 0 Å². The third kappa shape index (κ3) is 4.91. The SMILES string of the molecule is O=C(NCS(=O)(=O)[O-])C(F)(F)F. The molecule has 12 heavy (non-hydrogen) atoms. The van der Waals surface area contributed by atoms with Crippen molar-refractivity contribution in [1.29, 1.82) is 0 Å². The van der Waals surface area contributed by atoms with Gasteiger partial charge in [-0.2, -0.15) is 13.2 Å². The fourth-order valence-corrected chi connectivity index (χ4v) is 0.562. The number of amides is 1. The van der Waals surface area contributed by atoms with Gasteiger partial charge in [0.05, 0.1) is 0 Å². The maximum atomic E-state index is 11.3. The summed E-state index contributed by atoms with van der Waals surface area (Å²) >= 11 is 0. The van der Waals surface area contributed by atoms with E-state index < -0.39 is 28.1 Å². The minimum Gasteiger partial charge on any atom is -0.747 e. The quantitative estimate of drug-likeness (QED) is 0.597. The Hall–Kier alpha value is -0.830. The summed E-state index contributed by atoms with van der Waals surface area (Å²) in [6.45, 7) is 0. The maximum Gasteiger partial charge on any atom is 0.471 e. The van der Waals surface area contributed by atoms with Crippen LogP contribution in [0.5, 0.6) is 0 Å². The number of hydrogen-bond donors (Lipinski definition) is 1. The summed E-state index contributed by atoms with van der Waals surface area (Å²) in [5.41, 5.74) is 0. The first-order valence-electron chi connectivity index (χ1n) is 2.41. The van der Waals surface area contributed by atoms with Gasteiger partial charge in [-0.1, -0.05) is 0 Å². The number of rotatable bonds is 2. The molecule has 0 aliphatic rings. The summed E-state index contributed by atoms with van der Waals surface area (Å²) in [4.78, 5) is 9.87. The Morgan fingerprint density at radius 3 is 2.08 bits per heavy atom. The Kier molecular flexibility index (Phi) is 3.04. The Bertz CT molecular complexity index is 268. The van der Waals surface area contributed by atoms with Crippen LogP contribution in [-0.2, 0) is 14.9 Å². The number of alkyl halides is 3. The number of hydrogen-bond acceptors (Lipinski definition) is 4. The van der Waals surface area contributed by atoms with Crippen molar-refractivity contribution in [3.05, 3.63) is 0 Å². The van der Waals surface area contributed by atoms with E-state index in [0.717, 1.165) is 5.32 Å². The van der Waals surface area contributed by atoms with Crippen LogP contribution in [0.1, 0.15) is 0 Å². The standard InChI is InChI=1S/C3H4F3NO4S/c4-3(5,6)2(8)7-1-12(9,10)11/h1H2,(H,7,8)(H,9,10,11)/p-1. The third-order valence-electron chi connectivity index (χ3n) is 0.667. The highest BCUT2D eigenvalue weighted by atomic mass is 32.2. The van der Waals surface area contributed by atoms with Crippen LogP contribution in [0.15, 0.2) is 0 Å². The lowest BCUT2D eigenvalue weighted by atomic mass is 10.6. The smallest absolute Gasteiger partial charge is 0.471 e. The Labute approximate surface area is 65.3 Å². The topological polar surface area (TPSA) is 86.3 Å². The zero-order valence-corrected chi connectivity index (χ0v) is 6.20. The van der Waals surface area contributed by atoms with E-state index in [-0.39, 0.29) is 0 Å². The minimum atomic E-state index is -5.18. The van der Waals surface area contributed by atoms with Crippen LogP contribution in [0.2, 0.25) is 0 Å².